The second-order valence-corrected chi connectivity index (χ2v) is 9.24. The van der Waals surface area contributed by atoms with Crippen molar-refractivity contribution in [3.05, 3.63) is 58.8 Å². The van der Waals surface area contributed by atoms with Crippen molar-refractivity contribution in [3.63, 3.8) is 0 Å². The van der Waals surface area contributed by atoms with E-state index in [4.69, 9.17) is 27.6 Å². The topological polar surface area (TPSA) is 65.7 Å². The Morgan fingerprint density at radius 1 is 0.879 bits per heavy atom. The van der Waals surface area contributed by atoms with E-state index in [1.54, 1.807) is 6.26 Å². The van der Waals surface area contributed by atoms with E-state index in [-0.39, 0.29) is 11.8 Å². The molecule has 0 N–H and O–H groups in total. The van der Waals surface area contributed by atoms with Gasteiger partial charge in [0.2, 0.25) is 5.91 Å². The maximum Gasteiger partial charge on any atom is 0.225 e. The van der Waals surface area contributed by atoms with Crippen molar-refractivity contribution in [1.29, 1.82) is 0 Å². The average Bonchev–Trinajstić information content (AvgIpc) is 3.41. The standard InChI is InChI=1S/C24H25Cl2N5O2/c25-19-4-3-18(16-20(19)26)29-11-13-31(14-12-29)24(32)17-7-9-30(10-8-17)23-6-5-21(27-28-23)22-2-1-15-33-22/h1-6,15-17H,7-14H2. The summed E-state index contributed by atoms with van der Waals surface area (Å²) < 4.78 is 5.37. The van der Waals surface area contributed by atoms with Gasteiger partial charge in [-0.1, -0.05) is 23.2 Å². The molecule has 0 bridgehead atoms. The first-order chi connectivity index (χ1) is 16.1. The van der Waals surface area contributed by atoms with Crippen LogP contribution in [0.2, 0.25) is 10.0 Å². The predicted octanol–water partition coefficient (Wildman–Crippen LogP) is 4.61. The van der Waals surface area contributed by atoms with Crippen molar-refractivity contribution in [2.24, 2.45) is 5.92 Å². The smallest absolute Gasteiger partial charge is 0.225 e. The van der Waals surface area contributed by atoms with Gasteiger partial charge in [0, 0.05) is 50.9 Å². The number of furan rings is 1. The van der Waals surface area contributed by atoms with E-state index in [1.165, 1.54) is 0 Å². The Labute approximate surface area is 202 Å². The van der Waals surface area contributed by atoms with Gasteiger partial charge >= 0.3 is 0 Å². The Hall–Kier alpha value is -2.77. The fourth-order valence-corrected chi connectivity index (χ4v) is 4.82. The minimum atomic E-state index is 0.0631. The second kappa shape index (κ2) is 9.61. The molecule has 7 nitrogen and oxygen atoms in total. The fraction of sp³-hybridized carbons (Fsp3) is 0.375. The highest BCUT2D eigenvalue weighted by Crippen LogP contribution is 2.29. The summed E-state index contributed by atoms with van der Waals surface area (Å²) in [5, 5.41) is 9.76. The number of piperidine rings is 1. The number of carbonyl (C=O) groups excluding carboxylic acids is 1. The summed E-state index contributed by atoms with van der Waals surface area (Å²) in [5.41, 5.74) is 1.76. The van der Waals surface area contributed by atoms with Crippen LogP contribution in [-0.2, 0) is 4.79 Å². The van der Waals surface area contributed by atoms with E-state index in [2.05, 4.69) is 20.0 Å². The van der Waals surface area contributed by atoms with Crippen LogP contribution in [0, 0.1) is 5.92 Å². The molecular weight excluding hydrogens is 461 g/mol. The summed E-state index contributed by atoms with van der Waals surface area (Å²) in [7, 11) is 0. The van der Waals surface area contributed by atoms with Crippen molar-refractivity contribution in [3.8, 4) is 11.5 Å². The van der Waals surface area contributed by atoms with Gasteiger partial charge in [0.15, 0.2) is 11.6 Å². The fourth-order valence-electron chi connectivity index (χ4n) is 4.53. The van der Waals surface area contributed by atoms with E-state index < -0.39 is 0 Å². The maximum atomic E-state index is 13.1. The van der Waals surface area contributed by atoms with Crippen LogP contribution in [0.1, 0.15) is 12.8 Å². The third-order valence-corrected chi connectivity index (χ3v) is 7.19. The molecule has 33 heavy (non-hydrogen) atoms. The lowest BCUT2D eigenvalue weighted by atomic mass is 9.95. The quantitative estimate of drug-likeness (QED) is 0.537. The van der Waals surface area contributed by atoms with Gasteiger partial charge in [0.1, 0.15) is 5.69 Å². The van der Waals surface area contributed by atoms with Crippen LogP contribution in [0.4, 0.5) is 11.5 Å². The molecule has 4 heterocycles. The van der Waals surface area contributed by atoms with Gasteiger partial charge in [0.05, 0.1) is 16.3 Å². The molecule has 0 spiro atoms. The van der Waals surface area contributed by atoms with Crippen molar-refractivity contribution in [2.75, 3.05) is 49.1 Å². The Kier molecular flexibility index (Phi) is 6.42. The number of halogens is 2. The first-order valence-corrected chi connectivity index (χ1v) is 12.0. The number of aromatic nitrogens is 2. The number of rotatable bonds is 4. The molecule has 1 aromatic carbocycles. The van der Waals surface area contributed by atoms with Crippen LogP contribution in [-0.4, -0.2) is 60.3 Å². The molecule has 5 rings (SSSR count). The zero-order valence-corrected chi connectivity index (χ0v) is 19.7. The summed E-state index contributed by atoms with van der Waals surface area (Å²) in [6.07, 6.45) is 3.28. The van der Waals surface area contributed by atoms with Crippen molar-refractivity contribution in [2.45, 2.75) is 12.8 Å². The number of benzene rings is 1. The number of anilines is 2. The highest BCUT2D eigenvalue weighted by molar-refractivity contribution is 6.42. The number of amides is 1. The molecule has 2 aliphatic heterocycles. The first-order valence-electron chi connectivity index (χ1n) is 11.2. The van der Waals surface area contributed by atoms with Gasteiger partial charge in [0.25, 0.3) is 0 Å². The molecule has 2 aromatic heterocycles. The Bertz CT molecular complexity index is 1090. The Balaban J connectivity index is 1.12. The number of hydrogen-bond acceptors (Lipinski definition) is 6. The molecule has 9 heteroatoms. The summed E-state index contributed by atoms with van der Waals surface area (Å²) in [5.74, 6) is 1.87. The molecule has 2 fully saturated rings. The van der Waals surface area contributed by atoms with Gasteiger partial charge in [-0.3, -0.25) is 4.79 Å². The molecule has 172 valence electrons. The van der Waals surface area contributed by atoms with Crippen molar-refractivity contribution >= 4 is 40.6 Å². The number of nitrogens with zero attached hydrogens (tertiary/aromatic N) is 5. The summed E-state index contributed by atoms with van der Waals surface area (Å²) in [4.78, 5) is 19.6. The minimum absolute atomic E-state index is 0.0631. The lowest BCUT2D eigenvalue weighted by Gasteiger charge is -2.39. The summed E-state index contributed by atoms with van der Waals surface area (Å²) in [6.45, 7) is 4.63. The zero-order valence-electron chi connectivity index (χ0n) is 18.2. The number of piperazine rings is 1. The van der Waals surface area contributed by atoms with Gasteiger partial charge in [-0.05, 0) is 55.3 Å². The van der Waals surface area contributed by atoms with Crippen LogP contribution < -0.4 is 9.80 Å². The van der Waals surface area contributed by atoms with Crippen molar-refractivity contribution in [1.82, 2.24) is 15.1 Å². The molecule has 1 amide bonds. The molecule has 0 radical (unpaired) electrons. The van der Waals surface area contributed by atoms with Gasteiger partial charge in [-0.2, -0.15) is 0 Å². The van der Waals surface area contributed by atoms with Crippen LogP contribution in [0.15, 0.2) is 53.1 Å². The highest BCUT2D eigenvalue weighted by atomic mass is 35.5. The Morgan fingerprint density at radius 2 is 1.67 bits per heavy atom. The SMILES string of the molecule is O=C(C1CCN(c2ccc(-c3ccco3)nn2)CC1)N1CCN(c2ccc(Cl)c(Cl)c2)CC1. The third-order valence-electron chi connectivity index (χ3n) is 6.45. The Morgan fingerprint density at radius 3 is 2.30 bits per heavy atom. The molecule has 0 saturated carbocycles. The largest absolute Gasteiger partial charge is 0.463 e. The van der Waals surface area contributed by atoms with Crippen molar-refractivity contribution < 1.29 is 9.21 Å². The van der Waals surface area contributed by atoms with Gasteiger partial charge < -0.3 is 19.1 Å². The second-order valence-electron chi connectivity index (χ2n) is 8.43. The number of carbonyl (C=O) groups is 1. The first kappa shape index (κ1) is 22.0. The molecule has 2 saturated heterocycles. The molecular formula is C24H25Cl2N5O2. The van der Waals surface area contributed by atoms with E-state index in [1.807, 2.05) is 47.4 Å². The molecule has 0 unspecified atom stereocenters. The van der Waals surface area contributed by atoms with Crippen LogP contribution in [0.3, 0.4) is 0 Å². The highest BCUT2D eigenvalue weighted by Gasteiger charge is 2.31. The maximum absolute atomic E-state index is 13.1. The summed E-state index contributed by atoms with van der Waals surface area (Å²) in [6, 6.07) is 13.3. The molecule has 3 aromatic rings. The predicted molar refractivity (Wildman–Crippen MR) is 130 cm³/mol. The average molecular weight is 486 g/mol. The molecule has 0 atom stereocenters. The number of hydrogen-bond donors (Lipinski definition) is 0. The monoisotopic (exact) mass is 485 g/mol. The lowest BCUT2D eigenvalue weighted by molar-refractivity contribution is -0.136. The normalized spacial score (nSPS) is 17.5. The minimum Gasteiger partial charge on any atom is -0.463 e. The van der Waals surface area contributed by atoms with Gasteiger partial charge in [-0.25, -0.2) is 0 Å². The zero-order chi connectivity index (χ0) is 22.8. The van der Waals surface area contributed by atoms with Gasteiger partial charge in [-0.15, -0.1) is 10.2 Å². The van der Waals surface area contributed by atoms with Crippen LogP contribution in [0.25, 0.3) is 11.5 Å². The lowest BCUT2D eigenvalue weighted by Crippen LogP contribution is -2.51. The van der Waals surface area contributed by atoms with E-state index >= 15 is 0 Å². The van der Waals surface area contributed by atoms with E-state index in [0.717, 1.165) is 63.6 Å². The molecule has 0 aliphatic carbocycles. The third kappa shape index (κ3) is 4.80. The molecule has 2 aliphatic rings. The van der Waals surface area contributed by atoms with E-state index in [9.17, 15) is 4.79 Å². The van der Waals surface area contributed by atoms with Crippen LogP contribution in [0.5, 0.6) is 0 Å². The summed E-state index contributed by atoms with van der Waals surface area (Å²) >= 11 is 12.2. The van der Waals surface area contributed by atoms with Crippen LogP contribution >= 0.6 is 23.2 Å². The van der Waals surface area contributed by atoms with E-state index in [0.29, 0.717) is 21.5 Å².